The van der Waals surface area contributed by atoms with E-state index in [0.717, 1.165) is 78.1 Å². The van der Waals surface area contributed by atoms with Gasteiger partial charge in [0, 0.05) is 56.4 Å². The van der Waals surface area contributed by atoms with Crippen molar-refractivity contribution in [3.05, 3.63) is 72.9 Å². The molecule has 2 amide bonds. The Hall–Kier alpha value is -4.54. The highest BCUT2D eigenvalue weighted by Gasteiger charge is 2.15. The number of benzene rings is 3. The van der Waals surface area contributed by atoms with Crippen molar-refractivity contribution in [3.8, 4) is 11.3 Å². The van der Waals surface area contributed by atoms with Gasteiger partial charge in [-0.15, -0.1) is 0 Å². The number of hydrogen-bond donors (Lipinski definition) is 3. The lowest BCUT2D eigenvalue weighted by Crippen LogP contribution is -2.39. The van der Waals surface area contributed by atoms with E-state index in [-0.39, 0.29) is 6.03 Å². The molecule has 2 aromatic heterocycles. The molecule has 0 aliphatic carbocycles. The maximum absolute atomic E-state index is 12.6. The average molecular weight is 523 g/mol. The molecule has 39 heavy (non-hydrogen) atoms. The van der Waals surface area contributed by atoms with Gasteiger partial charge in [0.2, 0.25) is 5.95 Å². The van der Waals surface area contributed by atoms with Gasteiger partial charge in [-0.2, -0.15) is 10.1 Å². The van der Waals surface area contributed by atoms with Crippen LogP contribution in [0.4, 0.5) is 22.1 Å². The first-order valence-electron chi connectivity index (χ1n) is 13.0. The van der Waals surface area contributed by atoms with Gasteiger partial charge in [0.25, 0.3) is 0 Å². The van der Waals surface area contributed by atoms with Crippen LogP contribution in [0.3, 0.4) is 0 Å². The van der Waals surface area contributed by atoms with Gasteiger partial charge in [-0.05, 0) is 35.0 Å². The SMILES string of the molecule is Cn1nc(-c2ccc(NC(=O)Nc3ccc4ccccc4c3)cc2)c2cnc(NCCN3CCOCC3)nc21. The monoisotopic (exact) mass is 522 g/mol. The Morgan fingerprint density at radius 1 is 0.949 bits per heavy atom. The number of nitrogens with one attached hydrogen (secondary N) is 3. The van der Waals surface area contributed by atoms with Crippen LogP contribution in [0.2, 0.25) is 0 Å². The molecule has 5 aromatic rings. The highest BCUT2D eigenvalue weighted by Crippen LogP contribution is 2.28. The Kier molecular flexibility index (Phi) is 7.03. The lowest BCUT2D eigenvalue weighted by molar-refractivity contribution is 0.0398. The second-order valence-electron chi connectivity index (χ2n) is 9.50. The zero-order valence-corrected chi connectivity index (χ0v) is 21.7. The molecule has 1 saturated heterocycles. The van der Waals surface area contributed by atoms with E-state index in [2.05, 4.69) is 30.8 Å². The van der Waals surface area contributed by atoms with Crippen molar-refractivity contribution in [2.24, 2.45) is 7.05 Å². The van der Waals surface area contributed by atoms with Crippen molar-refractivity contribution in [3.63, 3.8) is 0 Å². The van der Waals surface area contributed by atoms with Crippen molar-refractivity contribution < 1.29 is 9.53 Å². The number of carbonyl (C=O) groups excluding carboxylic acids is 1. The lowest BCUT2D eigenvalue weighted by Gasteiger charge is -2.26. The lowest BCUT2D eigenvalue weighted by atomic mass is 10.1. The van der Waals surface area contributed by atoms with Crippen molar-refractivity contribution >= 4 is 45.2 Å². The van der Waals surface area contributed by atoms with E-state index in [1.165, 1.54) is 0 Å². The summed E-state index contributed by atoms with van der Waals surface area (Å²) in [6.45, 7) is 5.17. The van der Waals surface area contributed by atoms with Crippen LogP contribution >= 0.6 is 0 Å². The normalized spacial score (nSPS) is 14.0. The molecule has 1 fully saturated rings. The molecule has 198 valence electrons. The number of anilines is 3. The summed E-state index contributed by atoms with van der Waals surface area (Å²) in [4.78, 5) is 24.2. The third-order valence-corrected chi connectivity index (χ3v) is 6.82. The molecule has 0 saturated carbocycles. The summed E-state index contributed by atoms with van der Waals surface area (Å²) in [6, 6.07) is 21.2. The van der Waals surface area contributed by atoms with Gasteiger partial charge >= 0.3 is 6.03 Å². The molecule has 0 spiro atoms. The van der Waals surface area contributed by atoms with Crippen LogP contribution in [0.1, 0.15) is 0 Å². The Bertz CT molecular complexity index is 1610. The van der Waals surface area contributed by atoms with Crippen molar-refractivity contribution in [2.75, 3.05) is 55.3 Å². The van der Waals surface area contributed by atoms with Gasteiger partial charge in [-0.1, -0.05) is 42.5 Å². The number of aryl methyl sites for hydroxylation is 1. The number of carbonyl (C=O) groups is 1. The number of morpholine rings is 1. The molecule has 0 bridgehead atoms. The van der Waals surface area contributed by atoms with Crippen LogP contribution in [0.25, 0.3) is 33.1 Å². The highest BCUT2D eigenvalue weighted by atomic mass is 16.5. The standard InChI is InChI=1S/C29H30N8O2/c1-36-27-25(19-31-28(34-27)30-12-13-37-14-16-39-17-15-37)26(35-36)21-7-9-23(10-8-21)32-29(38)33-24-11-6-20-4-2-3-5-22(20)18-24/h2-11,18-19H,12-17H2,1H3,(H,30,31,34)(H2,32,33,38). The van der Waals surface area contributed by atoms with E-state index in [1.54, 1.807) is 4.68 Å². The van der Waals surface area contributed by atoms with Crippen LogP contribution in [0, 0.1) is 0 Å². The topological polar surface area (TPSA) is 109 Å². The van der Waals surface area contributed by atoms with Gasteiger partial charge in [0.1, 0.15) is 5.69 Å². The van der Waals surface area contributed by atoms with Gasteiger partial charge in [-0.3, -0.25) is 4.90 Å². The van der Waals surface area contributed by atoms with E-state index in [1.807, 2.05) is 80.0 Å². The summed E-state index contributed by atoms with van der Waals surface area (Å²) < 4.78 is 7.17. The van der Waals surface area contributed by atoms with Crippen molar-refractivity contribution in [2.45, 2.75) is 0 Å². The number of ether oxygens (including phenoxy) is 1. The second-order valence-corrected chi connectivity index (χ2v) is 9.50. The molecule has 3 heterocycles. The van der Waals surface area contributed by atoms with E-state index in [9.17, 15) is 4.79 Å². The smallest absolute Gasteiger partial charge is 0.323 e. The van der Waals surface area contributed by atoms with Crippen molar-refractivity contribution in [1.82, 2.24) is 24.6 Å². The molecule has 10 heteroatoms. The van der Waals surface area contributed by atoms with Crippen LogP contribution in [-0.4, -0.2) is 70.1 Å². The minimum atomic E-state index is -0.302. The zero-order valence-electron chi connectivity index (χ0n) is 21.7. The van der Waals surface area contributed by atoms with Gasteiger partial charge < -0.3 is 20.7 Å². The van der Waals surface area contributed by atoms with E-state index >= 15 is 0 Å². The zero-order chi connectivity index (χ0) is 26.6. The van der Waals surface area contributed by atoms with Gasteiger partial charge in [0.15, 0.2) is 5.65 Å². The van der Waals surface area contributed by atoms with E-state index < -0.39 is 0 Å². The molecule has 3 N–H and O–H groups in total. The van der Waals surface area contributed by atoms with Crippen LogP contribution in [0.15, 0.2) is 72.9 Å². The third kappa shape index (κ3) is 5.66. The molecule has 6 rings (SSSR count). The first kappa shape index (κ1) is 24.8. The molecule has 1 aliphatic heterocycles. The molecule has 0 radical (unpaired) electrons. The Morgan fingerprint density at radius 3 is 2.51 bits per heavy atom. The number of amides is 2. The molecule has 0 unspecified atom stereocenters. The largest absolute Gasteiger partial charge is 0.379 e. The van der Waals surface area contributed by atoms with Crippen LogP contribution in [-0.2, 0) is 11.8 Å². The number of urea groups is 1. The average Bonchev–Trinajstić information content (AvgIpc) is 3.29. The minimum absolute atomic E-state index is 0.302. The molecular weight excluding hydrogens is 492 g/mol. The van der Waals surface area contributed by atoms with Gasteiger partial charge in [0.05, 0.1) is 18.6 Å². The van der Waals surface area contributed by atoms with E-state index in [4.69, 9.17) is 9.84 Å². The second kappa shape index (κ2) is 11.1. The molecular formula is C29H30N8O2. The molecule has 10 nitrogen and oxygen atoms in total. The first-order chi connectivity index (χ1) is 19.1. The molecule has 3 aromatic carbocycles. The predicted molar refractivity (Wildman–Crippen MR) is 154 cm³/mol. The summed E-state index contributed by atoms with van der Waals surface area (Å²) >= 11 is 0. The fraction of sp³-hybridized carbons (Fsp3) is 0.241. The number of aromatic nitrogens is 4. The number of fused-ring (bicyclic) bond motifs is 2. The van der Waals surface area contributed by atoms with Crippen molar-refractivity contribution in [1.29, 1.82) is 0 Å². The summed E-state index contributed by atoms with van der Waals surface area (Å²) in [5, 5.41) is 16.9. The minimum Gasteiger partial charge on any atom is -0.379 e. The first-order valence-corrected chi connectivity index (χ1v) is 13.0. The van der Waals surface area contributed by atoms with Crippen LogP contribution in [0.5, 0.6) is 0 Å². The van der Waals surface area contributed by atoms with E-state index in [0.29, 0.717) is 11.6 Å². The fourth-order valence-corrected chi connectivity index (χ4v) is 4.76. The summed E-state index contributed by atoms with van der Waals surface area (Å²) in [7, 11) is 1.88. The number of hydrogen-bond acceptors (Lipinski definition) is 7. The number of rotatable bonds is 7. The Balaban J connectivity index is 1.10. The Morgan fingerprint density at radius 2 is 1.69 bits per heavy atom. The van der Waals surface area contributed by atoms with Crippen LogP contribution < -0.4 is 16.0 Å². The summed E-state index contributed by atoms with van der Waals surface area (Å²) in [5.74, 6) is 0.585. The highest BCUT2D eigenvalue weighted by molar-refractivity contribution is 6.01. The maximum Gasteiger partial charge on any atom is 0.323 e. The quantitative estimate of drug-likeness (QED) is 0.287. The summed E-state index contributed by atoms with van der Waals surface area (Å²) in [5.41, 5.74) is 3.88. The molecule has 1 aliphatic rings. The number of nitrogens with zero attached hydrogens (tertiary/aromatic N) is 5. The van der Waals surface area contributed by atoms with Gasteiger partial charge in [-0.25, -0.2) is 14.5 Å². The molecule has 0 atom stereocenters. The third-order valence-electron chi connectivity index (χ3n) is 6.82. The predicted octanol–water partition coefficient (Wildman–Crippen LogP) is 4.57. The summed E-state index contributed by atoms with van der Waals surface area (Å²) in [6.07, 6.45) is 1.81. The fourth-order valence-electron chi connectivity index (χ4n) is 4.76. The maximum atomic E-state index is 12.6. The Labute approximate surface area is 226 Å².